The zero-order valence-corrected chi connectivity index (χ0v) is 20.9. The number of nitrogens with one attached hydrogen (secondary N) is 1. The molecule has 0 bridgehead atoms. The van der Waals surface area contributed by atoms with Gasteiger partial charge in [0.2, 0.25) is 5.91 Å². The highest BCUT2D eigenvalue weighted by molar-refractivity contribution is 9.10. The number of halogens is 2. The topological polar surface area (TPSA) is 69.0 Å². The monoisotopic (exact) mass is 540 g/mol. The Bertz CT molecular complexity index is 1070. The second-order valence-corrected chi connectivity index (χ2v) is 10.4. The first-order valence-corrected chi connectivity index (χ1v) is 13.1. The molecule has 1 N–H and O–H groups in total. The summed E-state index contributed by atoms with van der Waals surface area (Å²) in [5.74, 6) is 0.886. The summed E-state index contributed by atoms with van der Waals surface area (Å²) in [5.41, 5.74) is 1.65. The van der Waals surface area contributed by atoms with Gasteiger partial charge in [0.05, 0.1) is 29.1 Å². The Morgan fingerprint density at radius 2 is 2.29 bits per heavy atom. The Kier molecular flexibility index (Phi) is 7.71. The SMILES string of the molecule is CCc1cc(-c2nnc(SCC(=O)Nc3ccc(Br)cc3Cl)n2CC2CCCO2)cs1. The van der Waals surface area contributed by atoms with Crippen LogP contribution in [-0.4, -0.2) is 39.1 Å². The van der Waals surface area contributed by atoms with Crippen LogP contribution < -0.4 is 5.32 Å². The summed E-state index contributed by atoms with van der Waals surface area (Å²) in [6.07, 6.45) is 3.23. The van der Waals surface area contributed by atoms with Gasteiger partial charge in [0.25, 0.3) is 0 Å². The van der Waals surface area contributed by atoms with Crippen LogP contribution in [0.15, 0.2) is 39.3 Å². The summed E-state index contributed by atoms with van der Waals surface area (Å²) in [6, 6.07) is 7.52. The van der Waals surface area contributed by atoms with Crippen molar-refractivity contribution in [3.8, 4) is 11.4 Å². The van der Waals surface area contributed by atoms with Gasteiger partial charge in [-0.1, -0.05) is 46.2 Å². The molecule has 1 saturated heterocycles. The lowest BCUT2D eigenvalue weighted by Crippen LogP contribution is -2.18. The van der Waals surface area contributed by atoms with Gasteiger partial charge in [-0.25, -0.2) is 0 Å². The number of aryl methyl sites for hydroxylation is 1. The van der Waals surface area contributed by atoms with Crippen molar-refractivity contribution in [3.63, 3.8) is 0 Å². The van der Waals surface area contributed by atoms with Crippen molar-refractivity contribution in [2.45, 2.75) is 44.0 Å². The van der Waals surface area contributed by atoms with Crippen LogP contribution in [0.25, 0.3) is 11.4 Å². The number of carbonyl (C=O) groups is 1. The van der Waals surface area contributed by atoms with Crippen molar-refractivity contribution < 1.29 is 9.53 Å². The maximum atomic E-state index is 12.5. The Balaban J connectivity index is 1.49. The summed E-state index contributed by atoms with van der Waals surface area (Å²) < 4.78 is 8.79. The molecule has 31 heavy (non-hydrogen) atoms. The number of thiophene rings is 1. The van der Waals surface area contributed by atoms with Crippen LogP contribution in [0.2, 0.25) is 5.02 Å². The molecule has 1 aromatic carbocycles. The molecule has 10 heteroatoms. The molecule has 0 saturated carbocycles. The van der Waals surface area contributed by atoms with Crippen molar-refractivity contribution in [3.05, 3.63) is 44.0 Å². The van der Waals surface area contributed by atoms with Crippen molar-refractivity contribution in [1.82, 2.24) is 14.8 Å². The van der Waals surface area contributed by atoms with E-state index in [-0.39, 0.29) is 17.8 Å². The second-order valence-electron chi connectivity index (χ2n) is 7.17. The third-order valence-electron chi connectivity index (χ3n) is 4.93. The molecule has 164 valence electrons. The number of thioether (sulfide) groups is 1. The van der Waals surface area contributed by atoms with E-state index in [2.05, 4.69) is 54.4 Å². The number of hydrogen-bond acceptors (Lipinski definition) is 6. The third-order valence-corrected chi connectivity index (χ3v) is 7.78. The normalized spacial score (nSPS) is 16.0. The number of nitrogens with zero attached hydrogens (tertiary/aromatic N) is 3. The van der Waals surface area contributed by atoms with Gasteiger partial charge in [-0.15, -0.1) is 21.5 Å². The molecular weight excluding hydrogens is 520 g/mol. The van der Waals surface area contributed by atoms with Gasteiger partial charge >= 0.3 is 0 Å². The molecule has 1 atom stereocenters. The molecule has 1 aliphatic heterocycles. The fourth-order valence-electron chi connectivity index (χ4n) is 3.36. The lowest BCUT2D eigenvalue weighted by atomic mass is 10.2. The van der Waals surface area contributed by atoms with Crippen LogP contribution in [0.4, 0.5) is 5.69 Å². The largest absolute Gasteiger partial charge is 0.376 e. The van der Waals surface area contributed by atoms with Gasteiger partial charge in [-0.2, -0.15) is 0 Å². The van der Waals surface area contributed by atoms with Gasteiger partial charge in [0.15, 0.2) is 11.0 Å². The minimum absolute atomic E-state index is 0.147. The van der Waals surface area contributed by atoms with Gasteiger partial charge < -0.3 is 10.1 Å². The Morgan fingerprint density at radius 1 is 1.42 bits per heavy atom. The lowest BCUT2D eigenvalue weighted by Gasteiger charge is -2.14. The maximum absolute atomic E-state index is 12.5. The number of benzene rings is 1. The number of aromatic nitrogens is 3. The van der Waals surface area contributed by atoms with Crippen molar-refractivity contribution in [2.75, 3.05) is 17.7 Å². The predicted octanol–water partition coefficient (Wildman–Crippen LogP) is 5.89. The quantitative estimate of drug-likeness (QED) is 0.360. The molecule has 3 aromatic rings. The number of carbonyl (C=O) groups excluding carboxylic acids is 1. The maximum Gasteiger partial charge on any atom is 0.234 e. The lowest BCUT2D eigenvalue weighted by molar-refractivity contribution is -0.113. The van der Waals surface area contributed by atoms with Gasteiger partial charge in [-0.05, 0) is 43.5 Å². The van der Waals surface area contributed by atoms with E-state index in [1.807, 2.05) is 6.07 Å². The van der Waals surface area contributed by atoms with Gasteiger partial charge in [0.1, 0.15) is 0 Å². The molecular formula is C21H22BrClN4O2S2. The van der Waals surface area contributed by atoms with Crippen molar-refractivity contribution in [2.24, 2.45) is 0 Å². The molecule has 6 nitrogen and oxygen atoms in total. The first-order valence-electron chi connectivity index (χ1n) is 10.0. The predicted molar refractivity (Wildman–Crippen MR) is 130 cm³/mol. The Morgan fingerprint density at radius 3 is 3.00 bits per heavy atom. The smallest absolute Gasteiger partial charge is 0.234 e. The molecule has 1 unspecified atom stereocenters. The van der Waals surface area contributed by atoms with E-state index in [1.165, 1.54) is 16.6 Å². The molecule has 1 fully saturated rings. The van der Waals surface area contributed by atoms with Crippen LogP contribution in [0, 0.1) is 0 Å². The van der Waals surface area contributed by atoms with Crippen LogP contribution in [-0.2, 0) is 22.5 Å². The Labute approximate surface area is 202 Å². The first-order chi connectivity index (χ1) is 15.0. The number of anilines is 1. The molecule has 1 aliphatic rings. The summed E-state index contributed by atoms with van der Waals surface area (Å²) in [7, 11) is 0. The molecule has 2 aromatic heterocycles. The van der Waals surface area contributed by atoms with E-state index in [4.69, 9.17) is 16.3 Å². The minimum atomic E-state index is -0.147. The van der Waals surface area contributed by atoms with Gasteiger partial charge in [0, 0.05) is 26.9 Å². The molecule has 4 rings (SSSR count). The minimum Gasteiger partial charge on any atom is -0.376 e. The number of rotatable bonds is 8. The summed E-state index contributed by atoms with van der Waals surface area (Å²) in [5, 5.41) is 15.0. The van der Waals surface area contributed by atoms with Crippen molar-refractivity contribution in [1.29, 1.82) is 0 Å². The van der Waals surface area contributed by atoms with Gasteiger partial charge in [-0.3, -0.25) is 9.36 Å². The van der Waals surface area contributed by atoms with E-state index >= 15 is 0 Å². The average Bonchev–Trinajstić information content (AvgIpc) is 3.50. The van der Waals surface area contributed by atoms with Crippen LogP contribution >= 0.6 is 50.6 Å². The highest BCUT2D eigenvalue weighted by atomic mass is 79.9. The van der Waals surface area contributed by atoms with Crippen LogP contribution in [0.1, 0.15) is 24.6 Å². The van der Waals surface area contributed by atoms with Crippen LogP contribution in [0.5, 0.6) is 0 Å². The molecule has 0 aliphatic carbocycles. The van der Waals surface area contributed by atoms with Crippen molar-refractivity contribution >= 4 is 62.2 Å². The number of hydrogen-bond donors (Lipinski definition) is 1. The average molecular weight is 542 g/mol. The van der Waals surface area contributed by atoms with E-state index in [9.17, 15) is 4.79 Å². The number of amides is 1. The molecule has 3 heterocycles. The van der Waals surface area contributed by atoms with E-state index in [0.29, 0.717) is 22.4 Å². The highest BCUT2D eigenvalue weighted by Gasteiger charge is 2.23. The highest BCUT2D eigenvalue weighted by Crippen LogP contribution is 2.30. The van der Waals surface area contributed by atoms with E-state index in [1.54, 1.807) is 23.5 Å². The van der Waals surface area contributed by atoms with E-state index < -0.39 is 0 Å². The molecule has 0 spiro atoms. The standard InChI is InChI=1S/C21H22BrClN4O2S2/c1-2-16-8-13(11-30-16)20-25-26-21(27(20)10-15-4-3-7-29-15)31-12-19(28)24-18-6-5-14(22)9-17(18)23/h5-6,8-9,11,15H,2-4,7,10,12H2,1H3,(H,24,28). The second kappa shape index (κ2) is 10.5. The number of ether oxygens (including phenoxy) is 1. The molecule has 1 amide bonds. The molecule has 0 radical (unpaired) electrons. The first kappa shape index (κ1) is 22.8. The zero-order chi connectivity index (χ0) is 21.8. The van der Waals surface area contributed by atoms with E-state index in [0.717, 1.165) is 41.7 Å². The zero-order valence-electron chi connectivity index (χ0n) is 16.9. The Hall–Kier alpha value is -1.39. The third kappa shape index (κ3) is 5.70. The fourth-order valence-corrected chi connectivity index (χ4v) is 5.64. The van der Waals surface area contributed by atoms with Crippen LogP contribution in [0.3, 0.4) is 0 Å². The summed E-state index contributed by atoms with van der Waals surface area (Å²) in [6.45, 7) is 3.62. The fraction of sp³-hybridized carbons (Fsp3) is 0.381. The summed E-state index contributed by atoms with van der Waals surface area (Å²) in [4.78, 5) is 13.8. The summed E-state index contributed by atoms with van der Waals surface area (Å²) >= 11 is 12.7.